The highest BCUT2D eigenvalue weighted by Crippen LogP contribution is 2.19. The molecular formula is C16H20ClN3. The van der Waals surface area contributed by atoms with Crippen LogP contribution >= 0.6 is 11.6 Å². The summed E-state index contributed by atoms with van der Waals surface area (Å²) in [5, 5.41) is 4.30. The molecule has 0 aliphatic heterocycles. The monoisotopic (exact) mass is 289 g/mol. The Morgan fingerprint density at radius 2 is 2.10 bits per heavy atom. The number of aryl methyl sites for hydroxylation is 1. The third kappa shape index (κ3) is 4.29. The van der Waals surface area contributed by atoms with Gasteiger partial charge in [0.25, 0.3) is 0 Å². The van der Waals surface area contributed by atoms with Crippen LogP contribution in [0.25, 0.3) is 0 Å². The standard InChI is InChI=1S/C16H20ClN3/c1-3-7-18-15(16-11-19-12(2)10-20-16)9-13-5-4-6-14(17)8-13/h4-6,8,10-11,15,18H,3,7,9H2,1-2H3. The molecule has 3 nitrogen and oxygen atoms in total. The molecule has 0 saturated heterocycles. The summed E-state index contributed by atoms with van der Waals surface area (Å²) in [6, 6.07) is 8.14. The molecule has 1 heterocycles. The first-order chi connectivity index (χ1) is 9.69. The molecule has 0 spiro atoms. The van der Waals surface area contributed by atoms with Crippen LogP contribution in [0.4, 0.5) is 0 Å². The fraction of sp³-hybridized carbons (Fsp3) is 0.375. The van der Waals surface area contributed by atoms with E-state index in [0.29, 0.717) is 0 Å². The van der Waals surface area contributed by atoms with Crippen LogP contribution in [0.15, 0.2) is 36.7 Å². The first kappa shape index (κ1) is 14.9. The Balaban J connectivity index is 2.16. The number of aromatic nitrogens is 2. The molecule has 1 aromatic carbocycles. The van der Waals surface area contributed by atoms with Gasteiger partial charge in [0.15, 0.2) is 0 Å². The van der Waals surface area contributed by atoms with Crippen LogP contribution in [0, 0.1) is 6.92 Å². The van der Waals surface area contributed by atoms with Gasteiger partial charge in [-0.3, -0.25) is 9.97 Å². The van der Waals surface area contributed by atoms with E-state index in [0.717, 1.165) is 35.8 Å². The van der Waals surface area contributed by atoms with Crippen molar-refractivity contribution in [3.63, 3.8) is 0 Å². The second-order valence-corrected chi connectivity index (χ2v) is 5.36. The highest BCUT2D eigenvalue weighted by atomic mass is 35.5. The molecule has 20 heavy (non-hydrogen) atoms. The summed E-state index contributed by atoms with van der Waals surface area (Å²) < 4.78 is 0. The molecule has 106 valence electrons. The third-order valence-electron chi connectivity index (χ3n) is 3.13. The summed E-state index contributed by atoms with van der Waals surface area (Å²) in [7, 11) is 0. The fourth-order valence-corrected chi connectivity index (χ4v) is 2.29. The number of nitrogens with zero attached hydrogens (tertiary/aromatic N) is 2. The molecule has 2 rings (SSSR count). The van der Waals surface area contributed by atoms with Gasteiger partial charge in [-0.25, -0.2) is 0 Å². The first-order valence-corrected chi connectivity index (χ1v) is 7.33. The minimum Gasteiger partial charge on any atom is -0.308 e. The van der Waals surface area contributed by atoms with Crippen molar-refractivity contribution in [2.24, 2.45) is 0 Å². The van der Waals surface area contributed by atoms with E-state index < -0.39 is 0 Å². The van der Waals surface area contributed by atoms with E-state index in [9.17, 15) is 0 Å². The Kier molecular flexibility index (Phi) is 5.50. The lowest BCUT2D eigenvalue weighted by molar-refractivity contribution is 0.515. The van der Waals surface area contributed by atoms with Crippen molar-refractivity contribution < 1.29 is 0 Å². The lowest BCUT2D eigenvalue weighted by atomic mass is 10.0. The fourth-order valence-electron chi connectivity index (χ4n) is 2.08. The van der Waals surface area contributed by atoms with Crippen LogP contribution in [0.1, 0.15) is 36.3 Å². The van der Waals surface area contributed by atoms with Gasteiger partial charge in [-0.2, -0.15) is 0 Å². The normalized spacial score (nSPS) is 12.3. The Labute approximate surface area is 125 Å². The van der Waals surface area contributed by atoms with Crippen molar-refractivity contribution in [2.45, 2.75) is 32.7 Å². The maximum Gasteiger partial charge on any atom is 0.0759 e. The molecule has 1 atom stereocenters. The zero-order valence-corrected chi connectivity index (χ0v) is 12.7. The van der Waals surface area contributed by atoms with E-state index >= 15 is 0 Å². The van der Waals surface area contributed by atoms with Gasteiger partial charge in [0, 0.05) is 11.2 Å². The minimum absolute atomic E-state index is 0.168. The molecular weight excluding hydrogens is 270 g/mol. The predicted octanol–water partition coefficient (Wildman–Crippen LogP) is 3.72. The average molecular weight is 290 g/mol. The molecule has 0 radical (unpaired) electrons. The SMILES string of the molecule is CCCNC(Cc1cccc(Cl)c1)c1cnc(C)cn1. The number of benzene rings is 1. The molecule has 0 fully saturated rings. The second kappa shape index (κ2) is 7.36. The summed E-state index contributed by atoms with van der Waals surface area (Å²) >= 11 is 6.05. The van der Waals surface area contributed by atoms with Crippen molar-refractivity contribution >= 4 is 11.6 Å². The van der Waals surface area contributed by atoms with Crippen LogP contribution in [0.5, 0.6) is 0 Å². The van der Waals surface area contributed by atoms with Crippen LogP contribution in [-0.4, -0.2) is 16.5 Å². The maximum atomic E-state index is 6.05. The van der Waals surface area contributed by atoms with Crippen LogP contribution < -0.4 is 5.32 Å². The van der Waals surface area contributed by atoms with Crippen molar-refractivity contribution in [2.75, 3.05) is 6.54 Å². The maximum absolute atomic E-state index is 6.05. The first-order valence-electron chi connectivity index (χ1n) is 6.95. The Hall–Kier alpha value is -1.45. The van der Waals surface area contributed by atoms with Gasteiger partial charge in [-0.1, -0.05) is 30.7 Å². The van der Waals surface area contributed by atoms with Crippen LogP contribution in [0.2, 0.25) is 5.02 Å². The van der Waals surface area contributed by atoms with Crippen molar-refractivity contribution in [1.29, 1.82) is 0 Å². The van der Waals surface area contributed by atoms with E-state index in [4.69, 9.17) is 11.6 Å². The van der Waals surface area contributed by atoms with E-state index in [-0.39, 0.29) is 6.04 Å². The quantitative estimate of drug-likeness (QED) is 0.881. The predicted molar refractivity (Wildman–Crippen MR) is 83.0 cm³/mol. The molecule has 0 aliphatic rings. The molecule has 4 heteroatoms. The van der Waals surface area contributed by atoms with E-state index in [1.54, 1.807) is 0 Å². The summed E-state index contributed by atoms with van der Waals surface area (Å²) in [6.45, 7) is 5.06. The van der Waals surface area contributed by atoms with E-state index in [1.807, 2.05) is 37.5 Å². The summed E-state index contributed by atoms with van der Waals surface area (Å²) in [4.78, 5) is 8.83. The molecule has 0 bridgehead atoms. The van der Waals surface area contributed by atoms with E-state index in [2.05, 4.69) is 28.3 Å². The van der Waals surface area contributed by atoms with Crippen LogP contribution in [-0.2, 0) is 6.42 Å². The number of hydrogen-bond donors (Lipinski definition) is 1. The molecule has 0 amide bonds. The Morgan fingerprint density at radius 3 is 2.75 bits per heavy atom. The zero-order chi connectivity index (χ0) is 14.4. The van der Waals surface area contributed by atoms with Gasteiger partial charge >= 0.3 is 0 Å². The van der Waals surface area contributed by atoms with Gasteiger partial charge in [-0.05, 0) is 44.0 Å². The minimum atomic E-state index is 0.168. The van der Waals surface area contributed by atoms with Crippen molar-refractivity contribution in [1.82, 2.24) is 15.3 Å². The summed E-state index contributed by atoms with van der Waals surface area (Å²) in [5.74, 6) is 0. The molecule has 0 aliphatic carbocycles. The van der Waals surface area contributed by atoms with Gasteiger partial charge in [-0.15, -0.1) is 0 Å². The van der Waals surface area contributed by atoms with Gasteiger partial charge in [0.05, 0.1) is 23.6 Å². The molecule has 2 aromatic rings. The topological polar surface area (TPSA) is 37.8 Å². The Morgan fingerprint density at radius 1 is 1.25 bits per heavy atom. The van der Waals surface area contributed by atoms with E-state index in [1.165, 1.54) is 5.56 Å². The largest absolute Gasteiger partial charge is 0.308 e. The van der Waals surface area contributed by atoms with Crippen LogP contribution in [0.3, 0.4) is 0 Å². The van der Waals surface area contributed by atoms with Crippen molar-refractivity contribution in [3.8, 4) is 0 Å². The number of nitrogens with one attached hydrogen (secondary N) is 1. The Bertz CT molecular complexity index is 540. The molecule has 0 saturated carbocycles. The highest BCUT2D eigenvalue weighted by molar-refractivity contribution is 6.30. The average Bonchev–Trinajstić information content (AvgIpc) is 2.44. The smallest absolute Gasteiger partial charge is 0.0759 e. The summed E-state index contributed by atoms with van der Waals surface area (Å²) in [5.41, 5.74) is 3.11. The molecule has 1 aromatic heterocycles. The van der Waals surface area contributed by atoms with Gasteiger partial charge in [0.1, 0.15) is 0 Å². The number of halogens is 1. The number of rotatable bonds is 6. The summed E-state index contributed by atoms with van der Waals surface area (Å²) in [6.07, 6.45) is 5.62. The molecule has 1 unspecified atom stereocenters. The lowest BCUT2D eigenvalue weighted by Gasteiger charge is -2.18. The molecule has 1 N–H and O–H groups in total. The third-order valence-corrected chi connectivity index (χ3v) is 3.36. The lowest BCUT2D eigenvalue weighted by Crippen LogP contribution is -2.25. The second-order valence-electron chi connectivity index (χ2n) is 4.92. The number of hydrogen-bond acceptors (Lipinski definition) is 3. The van der Waals surface area contributed by atoms with Crippen molar-refractivity contribution in [3.05, 3.63) is 58.6 Å². The highest BCUT2D eigenvalue weighted by Gasteiger charge is 2.13. The van der Waals surface area contributed by atoms with Gasteiger partial charge in [0.2, 0.25) is 0 Å². The zero-order valence-electron chi connectivity index (χ0n) is 11.9. The van der Waals surface area contributed by atoms with Gasteiger partial charge < -0.3 is 5.32 Å².